The first-order chi connectivity index (χ1) is 14.8. The predicted octanol–water partition coefficient (Wildman–Crippen LogP) is 2.46. The highest BCUT2D eigenvalue weighted by Crippen LogP contribution is 2.27. The summed E-state index contributed by atoms with van der Waals surface area (Å²) in [6.07, 6.45) is 0.605. The lowest BCUT2D eigenvalue weighted by Crippen LogP contribution is -2.32. The maximum absolute atomic E-state index is 12.4. The number of sulfonamides is 1. The fraction of sp³-hybridized carbons (Fsp3) is 0.350. The molecule has 2 aromatic rings. The smallest absolute Gasteiger partial charge is 0.310 e. The quantitative estimate of drug-likeness (QED) is 0.443. The molecule has 0 saturated carbocycles. The second-order valence-electron chi connectivity index (χ2n) is 6.99. The van der Waals surface area contributed by atoms with Crippen molar-refractivity contribution in [2.75, 3.05) is 18.5 Å². The Morgan fingerprint density at radius 2 is 1.97 bits per heavy atom. The fourth-order valence-electron chi connectivity index (χ4n) is 3.00. The van der Waals surface area contributed by atoms with Crippen LogP contribution in [0.15, 0.2) is 53.4 Å². The molecule has 2 unspecified atom stereocenters. The molecule has 2 aromatic carbocycles. The summed E-state index contributed by atoms with van der Waals surface area (Å²) in [6.45, 7) is 2.31. The topological polar surface area (TPSA) is 137 Å². The van der Waals surface area contributed by atoms with Crippen LogP contribution in [0.5, 0.6) is 5.75 Å². The molecule has 0 aromatic heterocycles. The average Bonchev–Trinajstić information content (AvgIpc) is 3.27. The van der Waals surface area contributed by atoms with Crippen LogP contribution in [0.25, 0.3) is 0 Å². The Balaban J connectivity index is 1.58. The van der Waals surface area contributed by atoms with Gasteiger partial charge in [0.05, 0.1) is 15.9 Å². The number of carbonyl (C=O) groups excluding carboxylic acids is 1. The van der Waals surface area contributed by atoms with Crippen LogP contribution >= 0.6 is 0 Å². The van der Waals surface area contributed by atoms with Crippen LogP contribution in [0.3, 0.4) is 0 Å². The zero-order chi connectivity index (χ0) is 22.4. The summed E-state index contributed by atoms with van der Waals surface area (Å²) >= 11 is 0. The predicted molar refractivity (Wildman–Crippen MR) is 112 cm³/mol. The van der Waals surface area contributed by atoms with Crippen molar-refractivity contribution in [1.29, 1.82) is 0 Å². The van der Waals surface area contributed by atoms with Crippen molar-refractivity contribution in [3.63, 3.8) is 0 Å². The van der Waals surface area contributed by atoms with E-state index in [1.165, 1.54) is 49.4 Å². The van der Waals surface area contributed by atoms with Crippen molar-refractivity contribution in [1.82, 2.24) is 4.72 Å². The summed E-state index contributed by atoms with van der Waals surface area (Å²) in [5.41, 5.74) is 0.119. The lowest BCUT2D eigenvalue weighted by Gasteiger charge is -2.15. The number of carbonyl (C=O) groups is 1. The zero-order valence-corrected chi connectivity index (χ0v) is 17.6. The molecule has 0 spiro atoms. The molecule has 2 atom stereocenters. The Morgan fingerprint density at radius 3 is 2.61 bits per heavy atom. The van der Waals surface area contributed by atoms with Gasteiger partial charge in [0.1, 0.15) is 0 Å². The molecule has 0 bridgehead atoms. The van der Waals surface area contributed by atoms with Crippen LogP contribution in [0, 0.1) is 10.1 Å². The molecule has 166 valence electrons. The molecule has 31 heavy (non-hydrogen) atoms. The van der Waals surface area contributed by atoms with E-state index in [0.29, 0.717) is 12.3 Å². The van der Waals surface area contributed by atoms with E-state index in [1.54, 1.807) is 6.07 Å². The molecule has 1 heterocycles. The maximum atomic E-state index is 12.4. The van der Waals surface area contributed by atoms with Gasteiger partial charge in [-0.2, -0.15) is 0 Å². The number of amides is 1. The standard InChI is InChI=1S/C20H23N3O7S/c1-14(30-19-7-3-2-6-18(19)23(25)26)20(24)22-15-8-10-17(11-9-15)31(27,28)21-13-16-5-4-12-29-16/h2-3,6-11,14,16,21H,4-5,12-13H2,1H3,(H,22,24). The molecule has 1 amide bonds. The van der Waals surface area contributed by atoms with Crippen molar-refractivity contribution in [2.45, 2.75) is 36.9 Å². The number of nitrogens with one attached hydrogen (secondary N) is 2. The molecule has 11 heteroatoms. The first-order valence-corrected chi connectivity index (χ1v) is 11.2. The highest BCUT2D eigenvalue weighted by molar-refractivity contribution is 7.89. The van der Waals surface area contributed by atoms with E-state index in [2.05, 4.69) is 10.0 Å². The van der Waals surface area contributed by atoms with Gasteiger partial charge < -0.3 is 14.8 Å². The van der Waals surface area contributed by atoms with Crippen LogP contribution in [-0.2, 0) is 19.6 Å². The summed E-state index contributed by atoms with van der Waals surface area (Å²) in [7, 11) is -3.69. The van der Waals surface area contributed by atoms with E-state index >= 15 is 0 Å². The summed E-state index contributed by atoms with van der Waals surface area (Å²) in [6, 6.07) is 11.4. The number of hydrogen-bond donors (Lipinski definition) is 2. The van der Waals surface area contributed by atoms with E-state index in [9.17, 15) is 23.3 Å². The molecule has 2 N–H and O–H groups in total. The lowest BCUT2D eigenvalue weighted by atomic mass is 10.2. The number of anilines is 1. The molecular formula is C20H23N3O7S. The van der Waals surface area contributed by atoms with Gasteiger partial charge in [-0.15, -0.1) is 0 Å². The minimum atomic E-state index is -3.69. The number of ether oxygens (including phenoxy) is 2. The van der Waals surface area contributed by atoms with Crippen molar-refractivity contribution in [3.05, 3.63) is 58.6 Å². The van der Waals surface area contributed by atoms with Crippen LogP contribution < -0.4 is 14.8 Å². The number of nitro benzene ring substituents is 1. The molecule has 1 saturated heterocycles. The summed E-state index contributed by atoms with van der Waals surface area (Å²) in [4.78, 5) is 22.9. The van der Waals surface area contributed by atoms with Crippen LogP contribution in [0.1, 0.15) is 19.8 Å². The third-order valence-corrected chi connectivity index (χ3v) is 6.13. The largest absolute Gasteiger partial charge is 0.474 e. The molecule has 10 nitrogen and oxygen atoms in total. The van der Waals surface area contributed by atoms with E-state index < -0.39 is 27.0 Å². The van der Waals surface area contributed by atoms with Crippen LogP contribution in [-0.4, -0.2) is 44.6 Å². The monoisotopic (exact) mass is 449 g/mol. The van der Waals surface area contributed by atoms with Gasteiger partial charge in [0.2, 0.25) is 10.0 Å². The van der Waals surface area contributed by atoms with E-state index in [4.69, 9.17) is 9.47 Å². The minimum Gasteiger partial charge on any atom is -0.474 e. The van der Waals surface area contributed by atoms with Gasteiger partial charge >= 0.3 is 5.69 Å². The van der Waals surface area contributed by atoms with E-state index in [-0.39, 0.29) is 29.0 Å². The number of rotatable bonds is 9. The van der Waals surface area contributed by atoms with Gasteiger partial charge in [-0.25, -0.2) is 13.1 Å². The molecule has 0 radical (unpaired) electrons. The Morgan fingerprint density at radius 1 is 1.26 bits per heavy atom. The number of nitrogens with zero attached hydrogens (tertiary/aromatic N) is 1. The molecular weight excluding hydrogens is 426 g/mol. The molecule has 1 aliphatic heterocycles. The van der Waals surface area contributed by atoms with Gasteiger partial charge in [0, 0.05) is 24.9 Å². The van der Waals surface area contributed by atoms with Crippen LogP contribution in [0.2, 0.25) is 0 Å². The zero-order valence-electron chi connectivity index (χ0n) is 16.8. The Kier molecular flexibility index (Phi) is 7.21. The highest BCUT2D eigenvalue weighted by Gasteiger charge is 2.22. The summed E-state index contributed by atoms with van der Waals surface area (Å²) in [5.74, 6) is -0.556. The lowest BCUT2D eigenvalue weighted by molar-refractivity contribution is -0.386. The average molecular weight is 449 g/mol. The maximum Gasteiger partial charge on any atom is 0.310 e. The summed E-state index contributed by atoms with van der Waals surface area (Å²) < 4.78 is 38.1. The van der Waals surface area contributed by atoms with Gasteiger partial charge in [0.15, 0.2) is 11.9 Å². The van der Waals surface area contributed by atoms with Crippen molar-refractivity contribution < 1.29 is 27.6 Å². The van der Waals surface area contributed by atoms with Crippen molar-refractivity contribution >= 4 is 27.3 Å². The summed E-state index contributed by atoms with van der Waals surface area (Å²) in [5, 5.41) is 13.7. The number of hydrogen-bond acceptors (Lipinski definition) is 7. The van der Waals surface area contributed by atoms with Crippen molar-refractivity contribution in [3.8, 4) is 5.75 Å². The number of nitro groups is 1. The normalized spacial score (nSPS) is 17.1. The van der Waals surface area contributed by atoms with Gasteiger partial charge in [-0.3, -0.25) is 14.9 Å². The van der Waals surface area contributed by atoms with Gasteiger partial charge in [0.25, 0.3) is 5.91 Å². The minimum absolute atomic E-state index is 0.0195. The molecule has 0 aliphatic carbocycles. The fourth-order valence-corrected chi connectivity index (χ4v) is 4.07. The van der Waals surface area contributed by atoms with E-state index in [0.717, 1.165) is 12.8 Å². The Bertz CT molecular complexity index is 1030. The van der Waals surface area contributed by atoms with Crippen molar-refractivity contribution in [2.24, 2.45) is 0 Å². The highest BCUT2D eigenvalue weighted by atomic mass is 32.2. The molecule has 3 rings (SSSR count). The third kappa shape index (κ3) is 6.00. The third-order valence-electron chi connectivity index (χ3n) is 4.69. The first-order valence-electron chi connectivity index (χ1n) is 9.68. The molecule has 1 aliphatic rings. The molecule has 1 fully saturated rings. The van der Waals surface area contributed by atoms with E-state index in [1.807, 2.05) is 0 Å². The Labute approximate surface area is 179 Å². The van der Waals surface area contributed by atoms with Crippen LogP contribution in [0.4, 0.5) is 11.4 Å². The van der Waals surface area contributed by atoms with Gasteiger partial charge in [-0.1, -0.05) is 12.1 Å². The second-order valence-corrected chi connectivity index (χ2v) is 8.75. The first kappa shape index (κ1) is 22.7. The second kappa shape index (κ2) is 9.86. The SMILES string of the molecule is CC(Oc1ccccc1[N+](=O)[O-])C(=O)Nc1ccc(S(=O)(=O)NCC2CCCO2)cc1. The Hall–Kier alpha value is -3.02. The number of benzene rings is 2. The van der Waals surface area contributed by atoms with Gasteiger partial charge in [-0.05, 0) is 50.1 Å². The number of para-hydroxylation sites is 2.